The Labute approximate surface area is 174 Å². The number of amides is 2. The van der Waals surface area contributed by atoms with Gasteiger partial charge in [0.2, 0.25) is 15.9 Å². The van der Waals surface area contributed by atoms with Crippen molar-refractivity contribution < 1.29 is 18.0 Å². The summed E-state index contributed by atoms with van der Waals surface area (Å²) in [7, 11) is -1.65. The number of benzene rings is 1. The van der Waals surface area contributed by atoms with Crippen LogP contribution in [0.4, 0.5) is 0 Å². The van der Waals surface area contributed by atoms with E-state index in [9.17, 15) is 18.0 Å². The summed E-state index contributed by atoms with van der Waals surface area (Å²) in [6.45, 7) is 1.61. The molecule has 0 N–H and O–H groups in total. The van der Waals surface area contributed by atoms with E-state index in [2.05, 4.69) is 15.9 Å². The second kappa shape index (κ2) is 8.51. The Hall–Kier alpha value is -1.45. The highest BCUT2D eigenvalue weighted by Crippen LogP contribution is 2.25. The molecule has 1 aromatic carbocycles. The van der Waals surface area contributed by atoms with E-state index >= 15 is 0 Å². The smallest absolute Gasteiger partial charge is 0.254 e. The fraction of sp³-hybridized carbons (Fsp3) is 0.579. The molecule has 2 heterocycles. The molecule has 0 bridgehead atoms. The third-order valence-electron chi connectivity index (χ3n) is 5.70. The molecule has 1 unspecified atom stereocenters. The van der Waals surface area contributed by atoms with E-state index in [0.29, 0.717) is 44.5 Å². The summed E-state index contributed by atoms with van der Waals surface area (Å²) in [4.78, 5) is 29.4. The summed E-state index contributed by atoms with van der Waals surface area (Å²) < 4.78 is 25.8. The fourth-order valence-corrected chi connectivity index (χ4v) is 4.97. The van der Waals surface area contributed by atoms with Gasteiger partial charge in [-0.3, -0.25) is 9.59 Å². The van der Waals surface area contributed by atoms with Crippen molar-refractivity contribution in [2.24, 2.45) is 0 Å². The Balaban J connectivity index is 1.64. The van der Waals surface area contributed by atoms with Gasteiger partial charge < -0.3 is 9.80 Å². The lowest BCUT2D eigenvalue weighted by molar-refractivity contribution is -0.136. The van der Waals surface area contributed by atoms with Crippen LogP contribution in [0.2, 0.25) is 0 Å². The molecule has 0 saturated carbocycles. The van der Waals surface area contributed by atoms with Gasteiger partial charge >= 0.3 is 0 Å². The van der Waals surface area contributed by atoms with E-state index in [1.807, 2.05) is 12.1 Å². The topological polar surface area (TPSA) is 78.0 Å². The molecule has 9 heteroatoms. The van der Waals surface area contributed by atoms with Gasteiger partial charge in [0.25, 0.3) is 5.91 Å². The van der Waals surface area contributed by atoms with Gasteiger partial charge in [0.05, 0.1) is 6.26 Å². The lowest BCUT2D eigenvalue weighted by atomic mass is 10.0. The van der Waals surface area contributed by atoms with Crippen molar-refractivity contribution in [2.75, 3.05) is 32.9 Å². The molecular weight excluding hydrogens is 446 g/mol. The van der Waals surface area contributed by atoms with Crippen LogP contribution in [0.5, 0.6) is 0 Å². The number of hydrogen-bond donors (Lipinski definition) is 0. The zero-order valence-corrected chi connectivity index (χ0v) is 18.6. The van der Waals surface area contributed by atoms with Gasteiger partial charge in [0.1, 0.15) is 6.04 Å². The Morgan fingerprint density at radius 2 is 1.68 bits per heavy atom. The Morgan fingerprint density at radius 3 is 2.25 bits per heavy atom. The van der Waals surface area contributed by atoms with Gasteiger partial charge in [0.15, 0.2) is 0 Å². The summed E-state index contributed by atoms with van der Waals surface area (Å²) in [5, 5.41) is 0. The van der Waals surface area contributed by atoms with Crippen LogP contribution in [0.1, 0.15) is 36.0 Å². The SMILES string of the molecule is CN(C1CCN(C(=O)C2CCCN2C(=O)c2ccc(Br)cc2)CC1)S(C)(=O)=O. The summed E-state index contributed by atoms with van der Waals surface area (Å²) in [5.74, 6) is -0.140. The number of halogens is 1. The van der Waals surface area contributed by atoms with Crippen LogP contribution in [0.15, 0.2) is 28.7 Å². The Morgan fingerprint density at radius 1 is 1.07 bits per heavy atom. The quantitative estimate of drug-likeness (QED) is 0.671. The van der Waals surface area contributed by atoms with Crippen LogP contribution < -0.4 is 0 Å². The van der Waals surface area contributed by atoms with E-state index in [-0.39, 0.29) is 17.9 Å². The van der Waals surface area contributed by atoms with Crippen LogP contribution in [0.3, 0.4) is 0 Å². The molecule has 0 spiro atoms. The molecule has 0 aromatic heterocycles. The van der Waals surface area contributed by atoms with Gasteiger partial charge in [-0.05, 0) is 49.9 Å². The van der Waals surface area contributed by atoms with E-state index < -0.39 is 16.1 Å². The number of sulfonamides is 1. The van der Waals surface area contributed by atoms with E-state index in [0.717, 1.165) is 10.9 Å². The van der Waals surface area contributed by atoms with Crippen molar-refractivity contribution in [3.05, 3.63) is 34.3 Å². The first-order chi connectivity index (χ1) is 13.2. The molecular formula is C19H26BrN3O4S. The molecule has 0 aliphatic carbocycles. The van der Waals surface area contributed by atoms with Crippen molar-refractivity contribution in [2.45, 2.75) is 37.8 Å². The van der Waals surface area contributed by atoms with Gasteiger partial charge in [-0.25, -0.2) is 12.7 Å². The van der Waals surface area contributed by atoms with Gasteiger partial charge in [-0.15, -0.1) is 0 Å². The van der Waals surface area contributed by atoms with Gasteiger partial charge in [0, 0.05) is 42.8 Å². The normalized spacial score (nSPS) is 21.4. The first kappa shape index (κ1) is 21.3. The van der Waals surface area contributed by atoms with Crippen molar-refractivity contribution in [3.8, 4) is 0 Å². The Bertz CT molecular complexity index is 835. The van der Waals surface area contributed by atoms with E-state index in [4.69, 9.17) is 0 Å². The zero-order chi connectivity index (χ0) is 20.5. The van der Waals surface area contributed by atoms with Gasteiger partial charge in [-0.2, -0.15) is 0 Å². The minimum absolute atomic E-state index is 0.0246. The summed E-state index contributed by atoms with van der Waals surface area (Å²) in [5.41, 5.74) is 0.580. The van der Waals surface area contributed by atoms with Crippen LogP contribution in [0, 0.1) is 0 Å². The lowest BCUT2D eigenvalue weighted by Gasteiger charge is -2.37. The predicted octanol–water partition coefficient (Wildman–Crippen LogP) is 1.94. The molecule has 3 rings (SSSR count). The fourth-order valence-electron chi connectivity index (χ4n) is 3.96. The maximum Gasteiger partial charge on any atom is 0.254 e. The third-order valence-corrected chi connectivity index (χ3v) is 7.58. The average molecular weight is 472 g/mol. The maximum absolute atomic E-state index is 13.1. The second-order valence-corrected chi connectivity index (χ2v) is 10.5. The highest BCUT2D eigenvalue weighted by atomic mass is 79.9. The van der Waals surface area contributed by atoms with Gasteiger partial charge in [-0.1, -0.05) is 15.9 Å². The molecule has 28 heavy (non-hydrogen) atoms. The number of likely N-dealkylation sites (tertiary alicyclic amines) is 2. The monoisotopic (exact) mass is 471 g/mol. The number of piperidine rings is 1. The Kier molecular flexibility index (Phi) is 6.46. The molecule has 2 aliphatic heterocycles. The average Bonchev–Trinajstić information content (AvgIpc) is 3.16. The highest BCUT2D eigenvalue weighted by molar-refractivity contribution is 9.10. The maximum atomic E-state index is 13.1. The number of carbonyl (C=O) groups excluding carboxylic acids is 2. The first-order valence-corrected chi connectivity index (χ1v) is 12.1. The van der Waals surface area contributed by atoms with E-state index in [1.54, 1.807) is 29.0 Å². The van der Waals surface area contributed by atoms with Crippen LogP contribution in [-0.4, -0.2) is 79.4 Å². The predicted molar refractivity (Wildman–Crippen MR) is 110 cm³/mol. The molecule has 2 saturated heterocycles. The number of hydrogen-bond acceptors (Lipinski definition) is 4. The molecule has 0 radical (unpaired) electrons. The van der Waals surface area contributed by atoms with Crippen LogP contribution >= 0.6 is 15.9 Å². The molecule has 1 atom stereocenters. The molecule has 154 valence electrons. The highest BCUT2D eigenvalue weighted by Gasteiger charge is 2.38. The van der Waals surface area contributed by atoms with Crippen molar-refractivity contribution in [1.82, 2.24) is 14.1 Å². The van der Waals surface area contributed by atoms with Crippen molar-refractivity contribution >= 4 is 37.8 Å². The molecule has 1 aromatic rings. The lowest BCUT2D eigenvalue weighted by Crippen LogP contribution is -2.52. The molecule has 2 aliphatic rings. The summed E-state index contributed by atoms with van der Waals surface area (Å²) >= 11 is 3.37. The zero-order valence-electron chi connectivity index (χ0n) is 16.2. The van der Waals surface area contributed by atoms with Crippen molar-refractivity contribution in [3.63, 3.8) is 0 Å². The summed E-state index contributed by atoms with van der Waals surface area (Å²) in [6, 6.07) is 6.66. The van der Waals surface area contributed by atoms with E-state index in [1.165, 1.54) is 10.6 Å². The third kappa shape index (κ3) is 4.58. The first-order valence-electron chi connectivity index (χ1n) is 9.47. The van der Waals surface area contributed by atoms with Crippen LogP contribution in [0.25, 0.3) is 0 Å². The number of carbonyl (C=O) groups is 2. The molecule has 7 nitrogen and oxygen atoms in total. The van der Waals surface area contributed by atoms with Crippen LogP contribution in [-0.2, 0) is 14.8 Å². The largest absolute Gasteiger partial charge is 0.341 e. The molecule has 2 fully saturated rings. The molecule has 2 amide bonds. The number of rotatable bonds is 4. The number of nitrogens with zero attached hydrogens (tertiary/aromatic N) is 3. The standard InChI is InChI=1S/C19H26BrN3O4S/c1-21(28(2,26)27)16-9-12-22(13-10-16)19(25)17-4-3-11-23(17)18(24)14-5-7-15(20)8-6-14/h5-8,16-17H,3-4,9-13H2,1-2H3. The second-order valence-electron chi connectivity index (χ2n) is 7.50. The minimum Gasteiger partial charge on any atom is -0.341 e. The van der Waals surface area contributed by atoms with Crippen molar-refractivity contribution in [1.29, 1.82) is 0 Å². The summed E-state index contributed by atoms with van der Waals surface area (Å²) in [6.07, 6.45) is 3.91. The minimum atomic E-state index is -3.24.